The fourth-order valence-electron chi connectivity index (χ4n) is 3.46. The van der Waals surface area contributed by atoms with Gasteiger partial charge in [-0.3, -0.25) is 9.59 Å². The molecule has 32 heavy (non-hydrogen) atoms. The first-order valence-corrected chi connectivity index (χ1v) is 11.0. The maximum atomic E-state index is 13.4. The lowest BCUT2D eigenvalue weighted by atomic mass is 10.1. The molecule has 2 amide bonds. The van der Waals surface area contributed by atoms with Crippen molar-refractivity contribution in [1.82, 2.24) is 5.32 Å². The summed E-state index contributed by atoms with van der Waals surface area (Å²) in [4.78, 5) is 27.3. The number of amides is 2. The topological polar surface area (TPSA) is 49.4 Å². The summed E-state index contributed by atoms with van der Waals surface area (Å²) in [6.07, 6.45) is 2.61. The number of hydrogen-bond acceptors (Lipinski definition) is 2. The van der Waals surface area contributed by atoms with Gasteiger partial charge in [0.25, 0.3) is 5.91 Å². The summed E-state index contributed by atoms with van der Waals surface area (Å²) in [6, 6.07) is 20.2. The maximum Gasteiger partial charge on any atom is 0.258 e. The number of rotatable bonds is 8. The molecule has 1 fully saturated rings. The third kappa shape index (κ3) is 5.95. The minimum atomic E-state index is -0.330. The molecule has 0 heterocycles. The van der Waals surface area contributed by atoms with Crippen molar-refractivity contribution >= 4 is 29.1 Å². The van der Waals surface area contributed by atoms with E-state index in [1.807, 2.05) is 24.3 Å². The second-order valence-corrected chi connectivity index (χ2v) is 8.56. The highest BCUT2D eigenvalue weighted by Crippen LogP contribution is 2.27. The number of anilines is 1. The van der Waals surface area contributed by atoms with Crippen LogP contribution in [0, 0.1) is 11.7 Å². The molecule has 0 saturated heterocycles. The highest BCUT2D eigenvalue weighted by molar-refractivity contribution is 6.30. The van der Waals surface area contributed by atoms with E-state index in [0.29, 0.717) is 22.2 Å². The molecule has 4 nitrogen and oxygen atoms in total. The molecular formula is C26H24ClFN2O2. The van der Waals surface area contributed by atoms with Crippen molar-refractivity contribution in [3.05, 3.63) is 100 Å². The van der Waals surface area contributed by atoms with E-state index in [1.54, 1.807) is 41.3 Å². The van der Waals surface area contributed by atoms with Crippen LogP contribution in [0.25, 0.3) is 0 Å². The van der Waals surface area contributed by atoms with Crippen LogP contribution in [0.3, 0.4) is 0 Å². The van der Waals surface area contributed by atoms with E-state index in [9.17, 15) is 14.0 Å². The predicted molar refractivity (Wildman–Crippen MR) is 124 cm³/mol. The zero-order chi connectivity index (χ0) is 22.5. The molecule has 3 aromatic carbocycles. The third-order valence-electron chi connectivity index (χ3n) is 5.46. The molecule has 0 radical (unpaired) electrons. The molecule has 0 spiro atoms. The van der Waals surface area contributed by atoms with Crippen molar-refractivity contribution in [1.29, 1.82) is 0 Å². The van der Waals surface area contributed by atoms with Gasteiger partial charge in [-0.05, 0) is 78.4 Å². The first-order valence-electron chi connectivity index (χ1n) is 10.7. The summed E-state index contributed by atoms with van der Waals surface area (Å²) >= 11 is 5.98. The number of nitrogens with zero attached hydrogens (tertiary/aromatic N) is 1. The smallest absolute Gasteiger partial charge is 0.258 e. The summed E-state index contributed by atoms with van der Waals surface area (Å²) in [7, 11) is 0. The molecule has 1 N–H and O–H groups in total. The van der Waals surface area contributed by atoms with Crippen molar-refractivity contribution in [3.8, 4) is 0 Å². The summed E-state index contributed by atoms with van der Waals surface area (Å²) in [5.74, 6) is 0.0570. The second-order valence-electron chi connectivity index (χ2n) is 8.12. The second kappa shape index (κ2) is 9.96. The van der Waals surface area contributed by atoms with Gasteiger partial charge in [0.1, 0.15) is 5.82 Å². The van der Waals surface area contributed by atoms with E-state index in [1.165, 1.54) is 25.0 Å². The Bertz CT molecular complexity index is 1100. The van der Waals surface area contributed by atoms with E-state index in [0.717, 1.165) is 17.7 Å². The highest BCUT2D eigenvalue weighted by Gasteiger charge is 2.22. The summed E-state index contributed by atoms with van der Waals surface area (Å²) in [5.41, 5.74) is 2.77. The van der Waals surface area contributed by atoms with Gasteiger partial charge in [-0.2, -0.15) is 0 Å². The first-order chi connectivity index (χ1) is 15.5. The minimum Gasteiger partial charge on any atom is -0.356 e. The normalized spacial score (nSPS) is 12.9. The van der Waals surface area contributed by atoms with Crippen LogP contribution in [0.5, 0.6) is 0 Å². The molecule has 0 aromatic heterocycles. The maximum absolute atomic E-state index is 13.4. The van der Waals surface area contributed by atoms with Crippen LogP contribution in [0.15, 0.2) is 72.8 Å². The van der Waals surface area contributed by atoms with Crippen LogP contribution in [-0.4, -0.2) is 18.4 Å². The van der Waals surface area contributed by atoms with Crippen molar-refractivity contribution in [2.75, 3.05) is 11.4 Å². The lowest BCUT2D eigenvalue weighted by Gasteiger charge is -2.24. The monoisotopic (exact) mass is 450 g/mol. The molecule has 0 bridgehead atoms. The Morgan fingerprint density at radius 1 is 0.969 bits per heavy atom. The predicted octanol–water partition coefficient (Wildman–Crippen LogP) is 5.39. The molecule has 1 aliphatic rings. The SMILES string of the molecule is O=C(Cc1cccc(N(Cc2ccc(F)cc2)C(=O)c2ccc(Cl)cc2)c1)NCC1CC1. The van der Waals surface area contributed by atoms with E-state index >= 15 is 0 Å². The molecule has 164 valence electrons. The van der Waals surface area contributed by atoms with Gasteiger partial charge in [-0.25, -0.2) is 4.39 Å². The molecule has 6 heteroatoms. The van der Waals surface area contributed by atoms with E-state index in [2.05, 4.69) is 5.32 Å². The van der Waals surface area contributed by atoms with E-state index < -0.39 is 0 Å². The molecule has 0 aliphatic heterocycles. The van der Waals surface area contributed by atoms with Crippen molar-refractivity contribution in [3.63, 3.8) is 0 Å². The van der Waals surface area contributed by atoms with Gasteiger partial charge in [-0.15, -0.1) is 0 Å². The largest absolute Gasteiger partial charge is 0.356 e. The average molecular weight is 451 g/mol. The molecule has 1 aliphatic carbocycles. The number of benzene rings is 3. The van der Waals surface area contributed by atoms with Crippen molar-refractivity contribution < 1.29 is 14.0 Å². The Hall–Kier alpha value is -3.18. The standard InChI is InChI=1S/C26H24ClFN2O2/c27-22-10-8-21(9-11-22)26(32)30(17-19-6-12-23(28)13-7-19)24-3-1-2-20(14-24)15-25(31)29-16-18-4-5-18/h1-3,6-14,18H,4-5,15-17H2,(H,29,31). The lowest BCUT2D eigenvalue weighted by Crippen LogP contribution is -2.31. The third-order valence-corrected chi connectivity index (χ3v) is 5.71. The summed E-state index contributed by atoms with van der Waals surface area (Å²) < 4.78 is 13.4. The van der Waals surface area contributed by atoms with Crippen LogP contribution in [0.4, 0.5) is 10.1 Å². The van der Waals surface area contributed by atoms with Crippen molar-refractivity contribution in [2.24, 2.45) is 5.92 Å². The molecule has 1 saturated carbocycles. The quantitative estimate of drug-likeness (QED) is 0.500. The van der Waals surface area contributed by atoms with Crippen molar-refractivity contribution in [2.45, 2.75) is 25.8 Å². The molecule has 3 aromatic rings. The van der Waals surface area contributed by atoms with E-state index in [4.69, 9.17) is 11.6 Å². The highest BCUT2D eigenvalue weighted by atomic mass is 35.5. The van der Waals surface area contributed by atoms with Crippen LogP contribution < -0.4 is 10.2 Å². The van der Waals surface area contributed by atoms with Crippen LogP contribution >= 0.6 is 11.6 Å². The van der Waals surface area contributed by atoms with Gasteiger partial charge >= 0.3 is 0 Å². The lowest BCUT2D eigenvalue weighted by molar-refractivity contribution is -0.120. The van der Waals surface area contributed by atoms with Gasteiger partial charge in [-0.1, -0.05) is 35.9 Å². The number of carbonyl (C=O) groups is 2. The number of hydrogen-bond donors (Lipinski definition) is 1. The zero-order valence-electron chi connectivity index (χ0n) is 17.6. The fraction of sp³-hybridized carbons (Fsp3) is 0.231. The van der Waals surface area contributed by atoms with Gasteiger partial charge in [0, 0.05) is 22.8 Å². The molecule has 4 rings (SSSR count). The summed E-state index contributed by atoms with van der Waals surface area (Å²) in [5, 5.41) is 3.52. The average Bonchev–Trinajstić information content (AvgIpc) is 3.62. The van der Waals surface area contributed by atoms with Crippen LogP contribution in [-0.2, 0) is 17.8 Å². The molecular weight excluding hydrogens is 427 g/mol. The van der Waals surface area contributed by atoms with Gasteiger partial charge in [0.05, 0.1) is 13.0 Å². The Morgan fingerprint density at radius 3 is 2.38 bits per heavy atom. The minimum absolute atomic E-state index is 0.0248. The Labute approximate surface area is 192 Å². The Morgan fingerprint density at radius 2 is 1.69 bits per heavy atom. The van der Waals surface area contributed by atoms with Gasteiger partial charge in [0.2, 0.25) is 5.91 Å². The van der Waals surface area contributed by atoms with Gasteiger partial charge < -0.3 is 10.2 Å². The fourth-order valence-corrected chi connectivity index (χ4v) is 3.59. The van der Waals surface area contributed by atoms with Crippen LogP contribution in [0.1, 0.15) is 34.3 Å². The zero-order valence-corrected chi connectivity index (χ0v) is 18.3. The Kier molecular flexibility index (Phi) is 6.86. The number of carbonyl (C=O) groups excluding carboxylic acids is 2. The van der Waals surface area contributed by atoms with Gasteiger partial charge in [0.15, 0.2) is 0 Å². The number of halogens is 2. The molecule has 0 unspecified atom stereocenters. The summed E-state index contributed by atoms with van der Waals surface area (Å²) in [6.45, 7) is 0.989. The molecule has 0 atom stereocenters. The van der Waals surface area contributed by atoms with Crippen LogP contribution in [0.2, 0.25) is 5.02 Å². The number of nitrogens with one attached hydrogen (secondary N) is 1. The van der Waals surface area contributed by atoms with E-state index in [-0.39, 0.29) is 30.6 Å². The Balaban J connectivity index is 1.58. The first kappa shape index (κ1) is 22.0.